The first-order valence-corrected chi connectivity index (χ1v) is 10.9. The summed E-state index contributed by atoms with van der Waals surface area (Å²) in [5.41, 5.74) is 1.84. The number of nitrogens with zero attached hydrogens (tertiary/aromatic N) is 3. The molecule has 0 fully saturated rings. The van der Waals surface area contributed by atoms with E-state index in [0.717, 1.165) is 17.0 Å². The summed E-state index contributed by atoms with van der Waals surface area (Å²) in [6, 6.07) is 14.0. The van der Waals surface area contributed by atoms with Crippen molar-refractivity contribution in [1.82, 2.24) is 15.5 Å². The van der Waals surface area contributed by atoms with Crippen LogP contribution in [0.2, 0.25) is 0 Å². The zero-order chi connectivity index (χ0) is 25.4. The minimum absolute atomic E-state index is 0.0231. The van der Waals surface area contributed by atoms with E-state index in [4.69, 9.17) is 9.26 Å². The van der Waals surface area contributed by atoms with Gasteiger partial charge in [0, 0.05) is 17.3 Å². The van der Waals surface area contributed by atoms with E-state index in [1.165, 1.54) is 31.4 Å². The molecule has 36 heavy (non-hydrogen) atoms. The van der Waals surface area contributed by atoms with Crippen LogP contribution in [0.4, 0.5) is 23.7 Å². The maximum absolute atomic E-state index is 14.0. The molecule has 0 saturated heterocycles. The number of hydrogen-bond acceptors (Lipinski definition) is 5. The summed E-state index contributed by atoms with van der Waals surface area (Å²) in [6.07, 6.45) is 0. The summed E-state index contributed by atoms with van der Waals surface area (Å²) in [5.74, 6) is -1.19. The highest BCUT2D eigenvalue weighted by molar-refractivity contribution is 6.01. The maximum atomic E-state index is 14.0. The molecule has 1 aromatic heterocycles. The number of halogens is 3. The molecule has 1 aliphatic heterocycles. The van der Waals surface area contributed by atoms with E-state index >= 15 is 0 Å². The van der Waals surface area contributed by atoms with E-state index in [0.29, 0.717) is 34.2 Å². The van der Waals surface area contributed by atoms with Gasteiger partial charge in [-0.25, -0.2) is 18.0 Å². The van der Waals surface area contributed by atoms with Gasteiger partial charge in [0.25, 0.3) is 5.89 Å². The molecule has 0 bridgehead atoms. The molecule has 10 heteroatoms. The standard InChI is InChI=1S/C26H19F3N4O3/c1-14-22(25-31-24(32-36-25)16-4-3-5-21(10-16)35-2)23(15-6-8-17(27)9-7-15)30-26(34)33(14)20-12-18(28)11-19(29)13-20/h3-13,23H,1-2H3,(H,30,34). The van der Waals surface area contributed by atoms with Crippen LogP contribution in [0.3, 0.4) is 0 Å². The third-order valence-electron chi connectivity index (χ3n) is 5.78. The molecule has 4 aromatic rings. The Morgan fingerprint density at radius 3 is 2.39 bits per heavy atom. The molecule has 7 nitrogen and oxygen atoms in total. The Kier molecular flexibility index (Phi) is 5.93. The predicted octanol–water partition coefficient (Wildman–Crippen LogP) is 5.86. The molecule has 0 saturated carbocycles. The third kappa shape index (κ3) is 4.28. The molecule has 0 radical (unpaired) electrons. The van der Waals surface area contributed by atoms with Crippen molar-refractivity contribution in [1.29, 1.82) is 0 Å². The zero-order valence-electron chi connectivity index (χ0n) is 19.1. The van der Waals surface area contributed by atoms with Gasteiger partial charge in [0.1, 0.15) is 23.2 Å². The maximum Gasteiger partial charge on any atom is 0.327 e. The second kappa shape index (κ2) is 9.21. The van der Waals surface area contributed by atoms with Gasteiger partial charge in [-0.2, -0.15) is 4.98 Å². The van der Waals surface area contributed by atoms with Gasteiger partial charge in [-0.3, -0.25) is 4.90 Å². The van der Waals surface area contributed by atoms with Gasteiger partial charge in [0.2, 0.25) is 5.82 Å². The third-order valence-corrected chi connectivity index (χ3v) is 5.78. The molecular formula is C26H19F3N4O3. The molecule has 1 unspecified atom stereocenters. The molecule has 2 amide bonds. The SMILES string of the molecule is COc1cccc(-c2noc(C3=C(C)N(c4cc(F)cc(F)c4)C(=O)NC3c3ccc(F)cc3)n2)c1. The minimum atomic E-state index is -0.842. The number of urea groups is 1. The fourth-order valence-electron chi connectivity index (χ4n) is 4.12. The number of amides is 2. The number of aromatic nitrogens is 2. The lowest BCUT2D eigenvalue weighted by molar-refractivity contribution is 0.244. The number of hydrogen-bond donors (Lipinski definition) is 1. The van der Waals surface area contributed by atoms with Crippen LogP contribution < -0.4 is 15.0 Å². The van der Waals surface area contributed by atoms with Crippen molar-refractivity contribution in [3.05, 3.63) is 101 Å². The van der Waals surface area contributed by atoms with Crippen molar-refractivity contribution in [2.45, 2.75) is 13.0 Å². The van der Waals surface area contributed by atoms with E-state index < -0.39 is 29.5 Å². The number of anilines is 1. The van der Waals surface area contributed by atoms with Crippen molar-refractivity contribution in [3.8, 4) is 17.1 Å². The van der Waals surface area contributed by atoms with E-state index in [2.05, 4.69) is 15.5 Å². The highest BCUT2D eigenvalue weighted by Crippen LogP contribution is 2.39. The Labute approximate surface area is 203 Å². The highest BCUT2D eigenvalue weighted by atomic mass is 19.1. The normalized spacial score (nSPS) is 15.8. The monoisotopic (exact) mass is 492 g/mol. The highest BCUT2D eigenvalue weighted by Gasteiger charge is 2.37. The quantitative estimate of drug-likeness (QED) is 0.377. The van der Waals surface area contributed by atoms with Crippen molar-refractivity contribution in [2.24, 2.45) is 0 Å². The number of nitrogens with one attached hydrogen (secondary N) is 1. The number of ether oxygens (including phenoxy) is 1. The van der Waals surface area contributed by atoms with Crippen molar-refractivity contribution in [3.63, 3.8) is 0 Å². The summed E-state index contributed by atoms with van der Waals surface area (Å²) in [4.78, 5) is 18.8. The van der Waals surface area contributed by atoms with Crippen molar-refractivity contribution < 1.29 is 27.2 Å². The summed E-state index contributed by atoms with van der Waals surface area (Å²) < 4.78 is 52.4. The average Bonchev–Trinajstić information content (AvgIpc) is 3.33. The van der Waals surface area contributed by atoms with E-state index in [1.54, 1.807) is 31.2 Å². The van der Waals surface area contributed by atoms with E-state index in [1.807, 2.05) is 0 Å². The van der Waals surface area contributed by atoms with E-state index in [9.17, 15) is 18.0 Å². The number of methoxy groups -OCH3 is 1. The lowest BCUT2D eigenvalue weighted by Crippen LogP contribution is -2.46. The van der Waals surface area contributed by atoms with Crippen LogP contribution >= 0.6 is 0 Å². The van der Waals surface area contributed by atoms with Gasteiger partial charge in [-0.1, -0.05) is 29.4 Å². The molecule has 1 aliphatic rings. The topological polar surface area (TPSA) is 80.5 Å². The average molecular weight is 492 g/mol. The number of carbonyl (C=O) groups excluding carboxylic acids is 1. The van der Waals surface area contributed by atoms with Gasteiger partial charge >= 0.3 is 6.03 Å². The summed E-state index contributed by atoms with van der Waals surface area (Å²) >= 11 is 0. The molecule has 3 aromatic carbocycles. The van der Waals surface area contributed by atoms with Gasteiger partial charge in [0.05, 0.1) is 24.4 Å². The summed E-state index contributed by atoms with van der Waals surface area (Å²) in [5, 5.41) is 6.87. The fraction of sp³-hybridized carbons (Fsp3) is 0.115. The molecule has 1 N–H and O–H groups in total. The first-order chi connectivity index (χ1) is 17.3. The molecule has 5 rings (SSSR count). The Morgan fingerprint density at radius 2 is 1.69 bits per heavy atom. The summed E-state index contributed by atoms with van der Waals surface area (Å²) in [6.45, 7) is 1.60. The van der Waals surface area contributed by atoms with Gasteiger partial charge < -0.3 is 14.6 Å². The second-order valence-corrected chi connectivity index (χ2v) is 8.05. The predicted molar refractivity (Wildman–Crippen MR) is 125 cm³/mol. The zero-order valence-corrected chi connectivity index (χ0v) is 19.1. The molecule has 0 spiro atoms. The Bertz CT molecular complexity index is 1460. The number of allylic oxidation sites excluding steroid dienone is 1. The largest absolute Gasteiger partial charge is 0.497 e. The van der Waals surface area contributed by atoms with Gasteiger partial charge in [0.15, 0.2) is 0 Å². The lowest BCUT2D eigenvalue weighted by Gasteiger charge is -2.35. The van der Waals surface area contributed by atoms with Crippen LogP contribution in [0.5, 0.6) is 5.75 Å². The Balaban J connectivity index is 1.66. The van der Waals surface area contributed by atoms with Crippen LogP contribution in [0.25, 0.3) is 17.0 Å². The van der Waals surface area contributed by atoms with Crippen LogP contribution in [0, 0.1) is 17.5 Å². The molecule has 0 aliphatic carbocycles. The molecule has 2 heterocycles. The van der Waals surface area contributed by atoms with Crippen molar-refractivity contribution >= 4 is 17.3 Å². The Hall–Kier alpha value is -4.60. The van der Waals surface area contributed by atoms with Gasteiger partial charge in [-0.05, 0) is 48.9 Å². The minimum Gasteiger partial charge on any atom is -0.497 e. The molecular weight excluding hydrogens is 473 g/mol. The number of benzene rings is 3. The first-order valence-electron chi connectivity index (χ1n) is 10.9. The van der Waals surface area contributed by atoms with Crippen molar-refractivity contribution in [2.75, 3.05) is 12.0 Å². The Morgan fingerprint density at radius 1 is 0.972 bits per heavy atom. The molecule has 182 valence electrons. The van der Waals surface area contributed by atoms with E-state index in [-0.39, 0.29) is 17.4 Å². The van der Waals surface area contributed by atoms with Crippen LogP contribution in [0.1, 0.15) is 24.4 Å². The first kappa shape index (κ1) is 23.2. The summed E-state index contributed by atoms with van der Waals surface area (Å²) in [7, 11) is 1.54. The number of carbonyl (C=O) groups is 1. The smallest absolute Gasteiger partial charge is 0.327 e. The second-order valence-electron chi connectivity index (χ2n) is 8.05. The van der Waals surface area contributed by atoms with Crippen LogP contribution in [-0.2, 0) is 0 Å². The lowest BCUT2D eigenvalue weighted by atomic mass is 9.94. The van der Waals surface area contributed by atoms with Crippen LogP contribution in [0.15, 0.2) is 77.0 Å². The number of rotatable bonds is 5. The fourth-order valence-corrected chi connectivity index (χ4v) is 4.12. The van der Waals surface area contributed by atoms with Crippen LogP contribution in [-0.4, -0.2) is 23.3 Å². The van der Waals surface area contributed by atoms with Gasteiger partial charge in [-0.15, -0.1) is 0 Å². The molecule has 1 atom stereocenters.